The van der Waals surface area contributed by atoms with Gasteiger partial charge in [0.1, 0.15) is 6.23 Å². The molecular weight excluding hydrogens is 168 g/mol. The quantitative estimate of drug-likeness (QED) is 0.582. The second-order valence-electron chi connectivity index (χ2n) is 3.23. The van der Waals surface area contributed by atoms with Crippen molar-refractivity contribution in [1.82, 2.24) is 15.6 Å². The first-order valence-electron chi connectivity index (χ1n) is 4.57. The lowest BCUT2D eigenvalue weighted by Gasteiger charge is -2.38. The van der Waals surface area contributed by atoms with Crippen LogP contribution in [0.1, 0.15) is 13.3 Å². The van der Waals surface area contributed by atoms with E-state index in [9.17, 15) is 0 Å². The summed E-state index contributed by atoms with van der Waals surface area (Å²) < 4.78 is 5.38. The summed E-state index contributed by atoms with van der Waals surface area (Å²) >= 11 is 0. The molecule has 0 aromatic heterocycles. The monoisotopic (exact) mass is 184 g/mol. The highest BCUT2D eigenvalue weighted by Crippen LogP contribution is 2.34. The predicted molar refractivity (Wildman–Crippen MR) is 48.8 cm³/mol. The highest BCUT2D eigenvalue weighted by Gasteiger charge is 2.39. The molecule has 5 heteroatoms. The average Bonchev–Trinajstić information content (AvgIpc) is 2.68. The van der Waals surface area contributed by atoms with Gasteiger partial charge in [0.15, 0.2) is 0 Å². The average molecular weight is 184 g/mol. The van der Waals surface area contributed by atoms with Gasteiger partial charge < -0.3 is 10.5 Å². The van der Waals surface area contributed by atoms with E-state index in [1.165, 1.54) is 11.4 Å². The van der Waals surface area contributed by atoms with Gasteiger partial charge in [-0.05, 0) is 6.92 Å². The number of nitrogens with zero attached hydrogens (tertiary/aromatic N) is 2. The van der Waals surface area contributed by atoms with Crippen LogP contribution in [0.2, 0.25) is 0 Å². The van der Waals surface area contributed by atoms with Gasteiger partial charge in [0.25, 0.3) is 0 Å². The Morgan fingerprint density at radius 3 is 2.77 bits per heavy atom. The standard InChI is InChI=1S/C8H16N4O/c1-6-7(5-9)11(6)12(10-2)8-3-4-13-8/h8,10H,3-5,9H2,1-2H3. The van der Waals surface area contributed by atoms with Crippen LogP contribution >= 0.6 is 0 Å². The molecule has 0 amide bonds. The van der Waals surface area contributed by atoms with Gasteiger partial charge in [-0.1, -0.05) is 0 Å². The number of hydrazine groups is 2. The molecule has 0 spiro atoms. The van der Waals surface area contributed by atoms with Gasteiger partial charge in [0.2, 0.25) is 0 Å². The third-order valence-corrected chi connectivity index (χ3v) is 2.53. The summed E-state index contributed by atoms with van der Waals surface area (Å²) in [5.41, 5.74) is 11.1. The molecule has 0 aromatic carbocycles. The first-order chi connectivity index (χ1) is 6.29. The maximum Gasteiger partial charge on any atom is 0.145 e. The van der Waals surface area contributed by atoms with Gasteiger partial charge in [0.05, 0.1) is 18.0 Å². The van der Waals surface area contributed by atoms with Crippen molar-refractivity contribution < 1.29 is 4.74 Å². The van der Waals surface area contributed by atoms with Crippen LogP contribution in [0.3, 0.4) is 0 Å². The predicted octanol–water partition coefficient (Wildman–Crippen LogP) is -0.410. The van der Waals surface area contributed by atoms with Crippen molar-refractivity contribution in [2.45, 2.75) is 19.6 Å². The number of nitrogens with one attached hydrogen (secondary N) is 1. The number of allylic oxidation sites excluding steroid dienone is 1. The van der Waals surface area contributed by atoms with Crippen LogP contribution < -0.4 is 11.2 Å². The Balaban J connectivity index is 1.92. The van der Waals surface area contributed by atoms with Crippen molar-refractivity contribution in [2.75, 3.05) is 20.2 Å². The van der Waals surface area contributed by atoms with Crippen LogP contribution in [0.15, 0.2) is 11.4 Å². The van der Waals surface area contributed by atoms with Crippen LogP contribution in [0, 0.1) is 0 Å². The molecule has 3 N–H and O–H groups in total. The van der Waals surface area contributed by atoms with Gasteiger partial charge in [0, 0.05) is 20.0 Å². The molecule has 2 aliphatic heterocycles. The third kappa shape index (κ3) is 1.34. The Morgan fingerprint density at radius 1 is 1.77 bits per heavy atom. The van der Waals surface area contributed by atoms with E-state index in [-0.39, 0.29) is 6.23 Å². The Morgan fingerprint density at radius 2 is 2.46 bits per heavy atom. The summed E-state index contributed by atoms with van der Waals surface area (Å²) in [4.78, 5) is 0. The first kappa shape index (κ1) is 8.96. The fourth-order valence-corrected chi connectivity index (χ4v) is 1.60. The van der Waals surface area contributed by atoms with Crippen molar-refractivity contribution >= 4 is 0 Å². The lowest BCUT2D eigenvalue weighted by molar-refractivity contribution is -0.210. The van der Waals surface area contributed by atoms with E-state index in [0.717, 1.165) is 13.0 Å². The molecule has 1 fully saturated rings. The lowest BCUT2D eigenvalue weighted by Crippen LogP contribution is -2.54. The number of hydrogen-bond acceptors (Lipinski definition) is 5. The van der Waals surface area contributed by atoms with Crippen LogP contribution in [0.5, 0.6) is 0 Å². The summed E-state index contributed by atoms with van der Waals surface area (Å²) in [6.45, 7) is 3.51. The Kier molecular flexibility index (Phi) is 2.25. The highest BCUT2D eigenvalue weighted by atomic mass is 16.5. The molecule has 2 aliphatic rings. The van der Waals surface area contributed by atoms with Crippen LogP contribution in [-0.4, -0.2) is 36.6 Å². The van der Waals surface area contributed by atoms with Crippen LogP contribution in [0.4, 0.5) is 0 Å². The maximum absolute atomic E-state index is 5.57. The highest BCUT2D eigenvalue weighted by molar-refractivity contribution is 5.29. The topological polar surface area (TPSA) is 53.5 Å². The minimum Gasteiger partial charge on any atom is -0.360 e. The van der Waals surface area contributed by atoms with Crippen molar-refractivity contribution in [3.63, 3.8) is 0 Å². The molecule has 0 aromatic rings. The normalized spacial score (nSPS) is 26.8. The van der Waals surface area contributed by atoms with E-state index >= 15 is 0 Å². The largest absolute Gasteiger partial charge is 0.360 e. The molecule has 1 saturated heterocycles. The first-order valence-corrected chi connectivity index (χ1v) is 4.57. The molecule has 2 heterocycles. The summed E-state index contributed by atoms with van der Waals surface area (Å²) in [6.07, 6.45) is 1.24. The zero-order valence-corrected chi connectivity index (χ0v) is 8.08. The molecule has 0 radical (unpaired) electrons. The van der Waals surface area contributed by atoms with Crippen LogP contribution in [-0.2, 0) is 4.74 Å². The van der Waals surface area contributed by atoms with Gasteiger partial charge in [-0.2, -0.15) is 0 Å². The molecule has 0 aliphatic carbocycles. The van der Waals surface area contributed by atoms with E-state index in [1.54, 1.807) is 0 Å². The van der Waals surface area contributed by atoms with Gasteiger partial charge in [-0.15, -0.1) is 5.12 Å². The zero-order valence-electron chi connectivity index (χ0n) is 8.08. The summed E-state index contributed by atoms with van der Waals surface area (Å²) in [6, 6.07) is 0. The summed E-state index contributed by atoms with van der Waals surface area (Å²) in [7, 11) is 1.89. The SMILES string of the molecule is CNN(C1CCO1)N1C(C)=C1CN. The fraction of sp³-hybridized carbons (Fsp3) is 0.750. The van der Waals surface area contributed by atoms with Gasteiger partial charge in [-0.25, -0.2) is 5.43 Å². The molecule has 0 bridgehead atoms. The fourth-order valence-electron chi connectivity index (χ4n) is 1.60. The lowest BCUT2D eigenvalue weighted by atomic mass is 10.3. The van der Waals surface area contributed by atoms with Crippen molar-refractivity contribution in [3.8, 4) is 0 Å². The van der Waals surface area contributed by atoms with Crippen molar-refractivity contribution in [3.05, 3.63) is 11.4 Å². The number of nitrogens with two attached hydrogens (primary N) is 1. The second-order valence-corrected chi connectivity index (χ2v) is 3.23. The zero-order chi connectivity index (χ0) is 9.42. The molecular formula is C8H16N4O. The van der Waals surface area contributed by atoms with E-state index in [1.807, 2.05) is 12.2 Å². The molecule has 74 valence electrons. The van der Waals surface area contributed by atoms with E-state index in [0.29, 0.717) is 6.54 Å². The molecule has 2 rings (SSSR count). The Labute approximate surface area is 78.1 Å². The van der Waals surface area contributed by atoms with Gasteiger partial charge in [-0.3, -0.25) is 5.01 Å². The minimum absolute atomic E-state index is 0.170. The number of hydrogen-bond donors (Lipinski definition) is 2. The van der Waals surface area contributed by atoms with E-state index in [2.05, 4.69) is 17.4 Å². The Hall–Kier alpha value is -0.620. The number of ether oxygens (including phenoxy) is 1. The van der Waals surface area contributed by atoms with Crippen molar-refractivity contribution in [2.24, 2.45) is 5.73 Å². The van der Waals surface area contributed by atoms with E-state index < -0.39 is 0 Å². The molecule has 1 atom stereocenters. The maximum atomic E-state index is 5.57. The van der Waals surface area contributed by atoms with Crippen molar-refractivity contribution in [1.29, 1.82) is 0 Å². The second kappa shape index (κ2) is 3.26. The molecule has 0 saturated carbocycles. The molecule has 13 heavy (non-hydrogen) atoms. The Bertz CT molecular complexity index is 236. The number of rotatable bonds is 4. The van der Waals surface area contributed by atoms with Crippen LogP contribution in [0.25, 0.3) is 0 Å². The third-order valence-electron chi connectivity index (χ3n) is 2.53. The molecule has 1 unspecified atom stereocenters. The summed E-state index contributed by atoms with van der Waals surface area (Å²) in [5, 5.41) is 4.06. The minimum atomic E-state index is 0.170. The molecule has 5 nitrogen and oxygen atoms in total. The van der Waals surface area contributed by atoms with Gasteiger partial charge >= 0.3 is 0 Å². The smallest absolute Gasteiger partial charge is 0.145 e. The summed E-state index contributed by atoms with van der Waals surface area (Å²) in [5.74, 6) is 0. The van der Waals surface area contributed by atoms with E-state index in [4.69, 9.17) is 10.5 Å².